The Kier molecular flexibility index (Phi) is 6.27. The number of nitrogens with one attached hydrogen (secondary N) is 1. The van der Waals surface area contributed by atoms with Gasteiger partial charge >= 0.3 is 12.4 Å². The third-order valence-electron chi connectivity index (χ3n) is 5.20. The number of aryl methyl sites for hydroxylation is 2. The second-order valence-corrected chi connectivity index (χ2v) is 7.32. The van der Waals surface area contributed by atoms with Gasteiger partial charge in [-0.05, 0) is 62.1 Å². The second-order valence-electron chi connectivity index (χ2n) is 7.32. The molecule has 3 aromatic rings. The number of benzene rings is 2. The van der Waals surface area contributed by atoms with Crippen LogP contribution in [0.15, 0.2) is 30.3 Å². The Bertz CT molecular complexity index is 1080. The van der Waals surface area contributed by atoms with Crippen molar-refractivity contribution in [1.29, 1.82) is 0 Å². The van der Waals surface area contributed by atoms with Gasteiger partial charge < -0.3 is 15.5 Å². The third-order valence-corrected chi connectivity index (χ3v) is 5.20. The first-order valence-electron chi connectivity index (χ1n) is 9.66. The fraction of sp³-hybridized carbons (Fsp3) is 0.364. The van der Waals surface area contributed by atoms with E-state index in [4.69, 9.17) is 10.5 Å². The summed E-state index contributed by atoms with van der Waals surface area (Å²) in [6.45, 7) is 2.14. The van der Waals surface area contributed by atoms with Gasteiger partial charge in [-0.2, -0.15) is 26.3 Å². The topological polar surface area (TPSA) is 51.0 Å². The highest BCUT2D eigenvalue weighted by Crippen LogP contribution is 2.45. The minimum atomic E-state index is -4.96. The number of aromatic nitrogens is 1. The van der Waals surface area contributed by atoms with Crippen molar-refractivity contribution in [2.75, 3.05) is 13.7 Å². The average molecular weight is 444 g/mol. The number of nitrogens with two attached hydrogens (primary N) is 1. The molecule has 0 saturated carbocycles. The number of unbranched alkanes of at least 4 members (excludes halogenated alkanes) is 1. The van der Waals surface area contributed by atoms with E-state index in [1.54, 1.807) is 25.1 Å². The van der Waals surface area contributed by atoms with Gasteiger partial charge in [0, 0.05) is 16.5 Å². The molecule has 0 amide bonds. The summed E-state index contributed by atoms with van der Waals surface area (Å²) in [6, 6.07) is 6.07. The summed E-state index contributed by atoms with van der Waals surface area (Å²) >= 11 is 0. The normalized spacial score (nSPS) is 12.5. The molecule has 0 aliphatic rings. The molecule has 0 spiro atoms. The van der Waals surface area contributed by atoms with Gasteiger partial charge in [0.25, 0.3) is 0 Å². The smallest absolute Gasteiger partial charge is 0.417 e. The van der Waals surface area contributed by atoms with Gasteiger partial charge in [0.05, 0.1) is 23.9 Å². The van der Waals surface area contributed by atoms with Gasteiger partial charge in [-0.25, -0.2) is 0 Å². The van der Waals surface area contributed by atoms with Crippen molar-refractivity contribution in [2.24, 2.45) is 5.73 Å². The van der Waals surface area contributed by atoms with Crippen LogP contribution in [-0.2, 0) is 18.8 Å². The first-order valence-corrected chi connectivity index (χ1v) is 9.66. The average Bonchev–Trinajstić information content (AvgIpc) is 3.04. The van der Waals surface area contributed by atoms with E-state index in [0.717, 1.165) is 11.6 Å². The van der Waals surface area contributed by atoms with Crippen molar-refractivity contribution >= 4 is 10.9 Å². The lowest BCUT2D eigenvalue weighted by Gasteiger charge is -2.15. The molecule has 9 heteroatoms. The van der Waals surface area contributed by atoms with Crippen molar-refractivity contribution in [3.63, 3.8) is 0 Å². The number of ether oxygens (including phenoxy) is 1. The van der Waals surface area contributed by atoms with Gasteiger partial charge in [-0.15, -0.1) is 0 Å². The molecule has 0 aliphatic carbocycles. The van der Waals surface area contributed by atoms with Gasteiger partial charge in [0.15, 0.2) is 0 Å². The van der Waals surface area contributed by atoms with Crippen LogP contribution in [0.25, 0.3) is 22.2 Å². The number of methoxy groups -OCH3 is 1. The first-order chi connectivity index (χ1) is 14.5. The van der Waals surface area contributed by atoms with E-state index in [-0.39, 0.29) is 23.4 Å². The van der Waals surface area contributed by atoms with Crippen molar-refractivity contribution in [3.05, 3.63) is 52.6 Å². The summed E-state index contributed by atoms with van der Waals surface area (Å²) in [6.07, 6.45) is -8.60. The Hall–Kier alpha value is -2.68. The van der Waals surface area contributed by atoms with E-state index in [2.05, 4.69) is 4.98 Å². The van der Waals surface area contributed by atoms with E-state index in [0.29, 0.717) is 42.0 Å². The molecule has 0 unspecified atom stereocenters. The lowest BCUT2D eigenvalue weighted by atomic mass is 9.95. The number of para-hydroxylation sites is 1. The highest BCUT2D eigenvalue weighted by molar-refractivity contribution is 5.95. The van der Waals surface area contributed by atoms with Crippen molar-refractivity contribution in [1.82, 2.24) is 4.98 Å². The Morgan fingerprint density at radius 1 is 1.00 bits per heavy atom. The van der Waals surface area contributed by atoms with E-state index in [9.17, 15) is 26.3 Å². The summed E-state index contributed by atoms with van der Waals surface area (Å²) in [5, 5.41) is -0.254. The lowest BCUT2D eigenvalue weighted by molar-refractivity contribution is -0.142. The molecule has 1 aromatic heterocycles. The summed E-state index contributed by atoms with van der Waals surface area (Å²) < 4.78 is 86.9. The number of aromatic amines is 1. The van der Waals surface area contributed by atoms with Gasteiger partial charge in [-0.1, -0.05) is 12.1 Å². The summed E-state index contributed by atoms with van der Waals surface area (Å²) in [4.78, 5) is 2.82. The Balaban J connectivity index is 2.40. The largest absolute Gasteiger partial charge is 0.496 e. The zero-order chi connectivity index (χ0) is 23.0. The van der Waals surface area contributed by atoms with Crippen LogP contribution in [0.2, 0.25) is 0 Å². The van der Waals surface area contributed by atoms with Crippen molar-refractivity contribution in [2.45, 2.75) is 38.5 Å². The number of hydrogen-bond acceptors (Lipinski definition) is 2. The van der Waals surface area contributed by atoms with E-state index < -0.39 is 23.5 Å². The van der Waals surface area contributed by atoms with Gasteiger partial charge in [0.1, 0.15) is 5.75 Å². The molecule has 31 heavy (non-hydrogen) atoms. The standard InChI is InChI=1S/C22H22F6N2O/c1-12-6-5-8-15(20(12)31-2)19-14(7-3-4-9-29)18-16(22(26,27)28)10-13(21(23,24)25)11-17(18)30-19/h5-6,8,10-11,30H,3-4,7,9,29H2,1-2H3. The van der Waals surface area contributed by atoms with Gasteiger partial charge in [0.2, 0.25) is 0 Å². The molecule has 0 aliphatic heterocycles. The highest BCUT2D eigenvalue weighted by Gasteiger charge is 2.39. The van der Waals surface area contributed by atoms with Crippen LogP contribution >= 0.6 is 0 Å². The minimum Gasteiger partial charge on any atom is -0.496 e. The molecule has 2 aromatic carbocycles. The predicted octanol–water partition coefficient (Wildman–Crippen LogP) is 6.47. The number of halogens is 6. The first kappa shape index (κ1) is 23.0. The zero-order valence-electron chi connectivity index (χ0n) is 17.0. The van der Waals surface area contributed by atoms with Crippen LogP contribution in [0.3, 0.4) is 0 Å². The van der Waals surface area contributed by atoms with E-state index in [1.807, 2.05) is 0 Å². The van der Waals surface area contributed by atoms with Crippen LogP contribution in [-0.4, -0.2) is 18.6 Å². The number of alkyl halides is 6. The number of fused-ring (bicyclic) bond motifs is 1. The molecule has 3 N–H and O–H groups in total. The minimum absolute atomic E-state index is 0.180. The molecule has 3 nitrogen and oxygen atoms in total. The van der Waals surface area contributed by atoms with Crippen LogP contribution in [0, 0.1) is 6.92 Å². The maximum Gasteiger partial charge on any atom is 0.417 e. The Morgan fingerprint density at radius 3 is 2.29 bits per heavy atom. The Morgan fingerprint density at radius 2 is 1.71 bits per heavy atom. The third kappa shape index (κ3) is 4.51. The second kappa shape index (κ2) is 8.45. The number of H-pyrrole nitrogens is 1. The fourth-order valence-electron chi connectivity index (χ4n) is 3.83. The number of hydrogen-bond donors (Lipinski definition) is 2. The van der Waals surface area contributed by atoms with E-state index in [1.165, 1.54) is 7.11 Å². The zero-order valence-corrected chi connectivity index (χ0v) is 17.0. The molecular weight excluding hydrogens is 422 g/mol. The van der Waals surface area contributed by atoms with Crippen LogP contribution in [0.5, 0.6) is 5.75 Å². The lowest BCUT2D eigenvalue weighted by Crippen LogP contribution is -2.11. The molecular formula is C22H22F6N2O. The SMILES string of the molecule is COc1c(C)cccc1-c1[nH]c2cc(C(F)(F)F)cc(C(F)(F)F)c2c1CCCCN. The summed E-state index contributed by atoms with van der Waals surface area (Å²) in [5.41, 5.74) is 4.50. The molecule has 0 bridgehead atoms. The van der Waals surface area contributed by atoms with Crippen LogP contribution < -0.4 is 10.5 Å². The summed E-state index contributed by atoms with van der Waals surface area (Å²) in [7, 11) is 1.44. The molecule has 168 valence electrons. The molecule has 0 atom stereocenters. The monoisotopic (exact) mass is 444 g/mol. The molecule has 0 fully saturated rings. The quantitative estimate of drug-likeness (QED) is 0.338. The van der Waals surface area contributed by atoms with E-state index >= 15 is 0 Å². The fourth-order valence-corrected chi connectivity index (χ4v) is 3.83. The molecule has 0 radical (unpaired) electrons. The molecule has 0 saturated heterocycles. The van der Waals surface area contributed by atoms with Crippen LogP contribution in [0.4, 0.5) is 26.3 Å². The predicted molar refractivity (Wildman–Crippen MR) is 107 cm³/mol. The number of rotatable bonds is 6. The maximum atomic E-state index is 13.8. The highest BCUT2D eigenvalue weighted by atomic mass is 19.4. The Labute approximate surface area is 175 Å². The van der Waals surface area contributed by atoms with Gasteiger partial charge in [-0.3, -0.25) is 0 Å². The maximum absolute atomic E-state index is 13.8. The molecule has 3 rings (SSSR count). The molecule has 1 heterocycles. The van der Waals surface area contributed by atoms with Crippen molar-refractivity contribution in [3.8, 4) is 17.0 Å². The van der Waals surface area contributed by atoms with Crippen molar-refractivity contribution < 1.29 is 31.1 Å². The van der Waals surface area contributed by atoms with Crippen LogP contribution in [0.1, 0.15) is 35.1 Å². The summed E-state index contributed by atoms with van der Waals surface area (Å²) in [5.74, 6) is 0.443.